The number of anilines is 1. The van der Waals surface area contributed by atoms with Crippen LogP contribution in [-0.4, -0.2) is 23.4 Å². The smallest absolute Gasteiger partial charge is 0.421 e. The van der Waals surface area contributed by atoms with Gasteiger partial charge in [-0.15, -0.1) is 0 Å². The number of ketones is 1. The second-order valence-corrected chi connectivity index (χ2v) is 6.75. The van der Waals surface area contributed by atoms with Crippen LogP contribution in [-0.2, 0) is 14.3 Å². The number of hydrogen-bond donors (Lipinski definition) is 0. The molecule has 1 aromatic carbocycles. The lowest BCUT2D eigenvalue weighted by molar-refractivity contribution is -0.123. The van der Waals surface area contributed by atoms with Crippen LogP contribution in [0.5, 0.6) is 0 Å². The average molecular weight is 324 g/mol. The minimum absolute atomic E-state index is 0.0332. The zero-order chi connectivity index (χ0) is 16.7. The quantitative estimate of drug-likeness (QED) is 0.832. The normalized spacial score (nSPS) is 17.4. The van der Waals surface area contributed by atoms with Crippen LogP contribution in [0, 0.1) is 0 Å². The molecule has 1 aromatic rings. The van der Waals surface area contributed by atoms with Crippen LogP contribution in [0.25, 0.3) is 0 Å². The number of Topliss-reactive ketones (excluding diaryl/α,β-unsaturated/α-hetero) is 1. The molecule has 5 nitrogen and oxygen atoms in total. The van der Waals surface area contributed by atoms with Gasteiger partial charge in [0.1, 0.15) is 11.4 Å². The van der Waals surface area contributed by atoms with Crippen LogP contribution in [0.3, 0.4) is 0 Å². The minimum Gasteiger partial charge on any atom is -0.443 e. The summed E-state index contributed by atoms with van der Waals surface area (Å²) in [6, 6.07) is 4.81. The van der Waals surface area contributed by atoms with Crippen molar-refractivity contribution in [3.63, 3.8) is 0 Å². The van der Waals surface area contributed by atoms with E-state index in [1.54, 1.807) is 39.0 Å². The third-order valence-electron chi connectivity index (χ3n) is 3.19. The maximum atomic E-state index is 12.6. The molecule has 0 aliphatic carbocycles. The summed E-state index contributed by atoms with van der Waals surface area (Å²) in [7, 11) is 0. The highest BCUT2D eigenvalue weighted by molar-refractivity contribution is 6.31. The van der Waals surface area contributed by atoms with E-state index in [-0.39, 0.29) is 12.2 Å². The van der Waals surface area contributed by atoms with Crippen molar-refractivity contribution < 1.29 is 19.1 Å². The molecule has 22 heavy (non-hydrogen) atoms. The van der Waals surface area contributed by atoms with Gasteiger partial charge >= 0.3 is 6.09 Å². The maximum Gasteiger partial charge on any atom is 0.421 e. The minimum atomic E-state index is -0.743. The number of halogens is 1. The highest BCUT2D eigenvalue weighted by atomic mass is 35.5. The fourth-order valence-corrected chi connectivity index (χ4v) is 2.58. The Balaban J connectivity index is 2.43. The van der Waals surface area contributed by atoms with E-state index in [9.17, 15) is 14.4 Å². The van der Waals surface area contributed by atoms with Gasteiger partial charge in [0.25, 0.3) is 0 Å². The number of amides is 2. The predicted octanol–water partition coefficient (Wildman–Crippen LogP) is 3.68. The Kier molecular flexibility index (Phi) is 4.29. The van der Waals surface area contributed by atoms with Crippen molar-refractivity contribution in [2.75, 3.05) is 4.90 Å². The van der Waals surface area contributed by atoms with Gasteiger partial charge in [0, 0.05) is 11.4 Å². The highest BCUT2D eigenvalue weighted by Crippen LogP contribution is 2.41. The number of nitrogens with zero attached hydrogens (tertiary/aromatic N) is 1. The van der Waals surface area contributed by atoms with Crippen molar-refractivity contribution in [1.82, 2.24) is 0 Å². The lowest BCUT2D eigenvalue weighted by atomic mass is 9.96. The number of rotatable bonds is 2. The summed E-state index contributed by atoms with van der Waals surface area (Å²) in [5, 5.41) is 0.450. The Labute approximate surface area is 134 Å². The molecule has 0 saturated carbocycles. The molecular formula is C16H18ClNO4. The molecule has 1 atom stereocenters. The first kappa shape index (κ1) is 16.5. The summed E-state index contributed by atoms with van der Waals surface area (Å²) < 4.78 is 5.28. The Bertz CT molecular complexity index is 648. The van der Waals surface area contributed by atoms with Crippen molar-refractivity contribution in [2.45, 2.75) is 45.6 Å². The van der Waals surface area contributed by atoms with E-state index in [2.05, 4.69) is 0 Å². The number of imide groups is 1. The van der Waals surface area contributed by atoms with E-state index in [1.165, 1.54) is 6.92 Å². The number of hydrogen-bond acceptors (Lipinski definition) is 4. The summed E-state index contributed by atoms with van der Waals surface area (Å²) in [5.41, 5.74) is 0.288. The fourth-order valence-electron chi connectivity index (χ4n) is 2.40. The molecule has 0 aromatic heterocycles. The molecule has 1 unspecified atom stereocenters. The zero-order valence-electron chi connectivity index (χ0n) is 13.0. The largest absolute Gasteiger partial charge is 0.443 e. The molecule has 6 heteroatoms. The van der Waals surface area contributed by atoms with Crippen LogP contribution < -0.4 is 4.90 Å². The number of ether oxygens (including phenoxy) is 1. The molecule has 2 amide bonds. The number of carbonyl (C=O) groups is 3. The topological polar surface area (TPSA) is 63.7 Å². The molecule has 0 radical (unpaired) electrons. The SMILES string of the molecule is CC(=O)CC1C(=O)N(C(=O)OC(C)(C)C)c2ccc(Cl)cc21. The van der Waals surface area contributed by atoms with Gasteiger partial charge in [-0.1, -0.05) is 11.6 Å². The van der Waals surface area contributed by atoms with Gasteiger partial charge in [-0.25, -0.2) is 9.69 Å². The molecule has 2 rings (SSSR count). The van der Waals surface area contributed by atoms with Crippen LogP contribution in [0.15, 0.2) is 18.2 Å². The van der Waals surface area contributed by atoms with Crippen LogP contribution in [0.4, 0.5) is 10.5 Å². The molecule has 0 bridgehead atoms. The third kappa shape index (κ3) is 3.30. The zero-order valence-corrected chi connectivity index (χ0v) is 13.7. The van der Waals surface area contributed by atoms with Crippen LogP contribution in [0.1, 0.15) is 45.6 Å². The number of fused-ring (bicyclic) bond motifs is 1. The number of carbonyl (C=O) groups excluding carboxylic acids is 3. The number of benzene rings is 1. The molecular weight excluding hydrogens is 306 g/mol. The van der Waals surface area contributed by atoms with Crippen LogP contribution in [0.2, 0.25) is 5.02 Å². The van der Waals surface area contributed by atoms with Gasteiger partial charge < -0.3 is 4.74 Å². The van der Waals surface area contributed by atoms with Crippen molar-refractivity contribution >= 4 is 35.1 Å². The Morgan fingerprint density at radius 2 is 1.95 bits per heavy atom. The summed E-state index contributed by atoms with van der Waals surface area (Å²) in [4.78, 5) is 37.3. The van der Waals surface area contributed by atoms with Crippen molar-refractivity contribution in [2.24, 2.45) is 0 Å². The van der Waals surface area contributed by atoms with E-state index in [1.807, 2.05) is 0 Å². The van der Waals surface area contributed by atoms with Gasteiger partial charge in [0.2, 0.25) is 5.91 Å². The molecule has 1 aliphatic rings. The standard InChI is InChI=1S/C16H18ClNO4/c1-9(19)7-12-11-8-10(17)5-6-13(11)18(14(12)20)15(21)22-16(2,3)4/h5-6,8,12H,7H2,1-4H3. The first-order valence-corrected chi connectivity index (χ1v) is 7.34. The second kappa shape index (κ2) is 5.72. The van der Waals surface area contributed by atoms with Gasteiger partial charge in [0.15, 0.2) is 0 Å². The first-order valence-electron chi connectivity index (χ1n) is 6.96. The van der Waals surface area contributed by atoms with E-state index in [0.29, 0.717) is 16.3 Å². The molecule has 0 fully saturated rings. The predicted molar refractivity (Wildman–Crippen MR) is 83.2 cm³/mol. The molecule has 0 saturated heterocycles. The second-order valence-electron chi connectivity index (χ2n) is 6.32. The molecule has 1 aliphatic heterocycles. The van der Waals surface area contributed by atoms with Crippen LogP contribution >= 0.6 is 11.6 Å². The average Bonchev–Trinajstić information content (AvgIpc) is 2.60. The van der Waals surface area contributed by atoms with E-state index in [4.69, 9.17) is 16.3 Å². The van der Waals surface area contributed by atoms with Gasteiger partial charge in [-0.05, 0) is 51.5 Å². The molecule has 1 heterocycles. The lowest BCUT2D eigenvalue weighted by Gasteiger charge is -2.24. The molecule has 0 spiro atoms. The molecule has 0 N–H and O–H groups in total. The monoisotopic (exact) mass is 323 g/mol. The Morgan fingerprint density at radius 3 is 2.50 bits per heavy atom. The van der Waals surface area contributed by atoms with Crippen molar-refractivity contribution in [3.05, 3.63) is 28.8 Å². The maximum absolute atomic E-state index is 12.6. The van der Waals surface area contributed by atoms with Crippen molar-refractivity contribution in [3.8, 4) is 0 Å². The van der Waals surface area contributed by atoms with E-state index in [0.717, 1.165) is 4.90 Å². The summed E-state index contributed by atoms with van der Waals surface area (Å²) in [6.07, 6.45) is -0.710. The van der Waals surface area contributed by atoms with E-state index >= 15 is 0 Å². The first-order chi connectivity index (χ1) is 10.1. The van der Waals surface area contributed by atoms with Crippen molar-refractivity contribution in [1.29, 1.82) is 0 Å². The molecule has 118 valence electrons. The highest BCUT2D eigenvalue weighted by Gasteiger charge is 2.43. The van der Waals surface area contributed by atoms with Gasteiger partial charge in [-0.2, -0.15) is 0 Å². The Morgan fingerprint density at radius 1 is 1.32 bits per heavy atom. The fraction of sp³-hybridized carbons (Fsp3) is 0.438. The summed E-state index contributed by atoms with van der Waals surface area (Å²) in [6.45, 7) is 6.58. The van der Waals surface area contributed by atoms with Gasteiger partial charge in [-0.3, -0.25) is 9.59 Å². The summed E-state index contributed by atoms with van der Waals surface area (Å²) >= 11 is 5.98. The van der Waals surface area contributed by atoms with Gasteiger partial charge in [0.05, 0.1) is 11.6 Å². The summed E-state index contributed by atoms with van der Waals surface area (Å²) in [5.74, 6) is -1.28. The lowest BCUT2D eigenvalue weighted by Crippen LogP contribution is -2.39. The third-order valence-corrected chi connectivity index (χ3v) is 3.43. The van der Waals surface area contributed by atoms with E-state index < -0.39 is 23.5 Å². The Hall–Kier alpha value is -1.88.